The van der Waals surface area contributed by atoms with Crippen molar-refractivity contribution in [1.29, 1.82) is 0 Å². The molecule has 2 atom stereocenters. The maximum atomic E-state index is 12.2. The maximum absolute atomic E-state index is 12.2. The van der Waals surface area contributed by atoms with Crippen molar-refractivity contribution in [2.75, 3.05) is 26.2 Å². The number of benzene rings is 1. The fourth-order valence-electron chi connectivity index (χ4n) is 3.19. The van der Waals surface area contributed by atoms with Crippen LogP contribution in [0.2, 0.25) is 0 Å². The molecule has 1 heterocycles. The molecule has 1 aromatic carbocycles. The first kappa shape index (κ1) is 16.4. The SMILES string of the molecule is CCN(Cc1ccc(C(=O)NCC2CNCC2O)cc1)C1CC1. The minimum absolute atomic E-state index is 0.0646. The average molecular weight is 317 g/mol. The highest BCUT2D eigenvalue weighted by molar-refractivity contribution is 5.94. The van der Waals surface area contributed by atoms with E-state index >= 15 is 0 Å². The van der Waals surface area contributed by atoms with Gasteiger partial charge in [-0.3, -0.25) is 9.69 Å². The molecule has 5 nitrogen and oxygen atoms in total. The van der Waals surface area contributed by atoms with Gasteiger partial charge < -0.3 is 15.7 Å². The Kier molecular flexibility index (Phi) is 5.30. The van der Waals surface area contributed by atoms with Gasteiger partial charge in [-0.25, -0.2) is 0 Å². The minimum atomic E-state index is -0.361. The van der Waals surface area contributed by atoms with Crippen molar-refractivity contribution < 1.29 is 9.90 Å². The smallest absolute Gasteiger partial charge is 0.251 e. The second-order valence-electron chi connectivity index (χ2n) is 6.69. The quantitative estimate of drug-likeness (QED) is 0.701. The summed E-state index contributed by atoms with van der Waals surface area (Å²) in [5, 5.41) is 15.8. The summed E-state index contributed by atoms with van der Waals surface area (Å²) >= 11 is 0. The monoisotopic (exact) mass is 317 g/mol. The van der Waals surface area contributed by atoms with Gasteiger partial charge in [-0.15, -0.1) is 0 Å². The highest BCUT2D eigenvalue weighted by Crippen LogP contribution is 2.27. The third-order valence-electron chi connectivity index (χ3n) is 4.90. The molecule has 2 aliphatic rings. The molecule has 0 aromatic heterocycles. The summed E-state index contributed by atoms with van der Waals surface area (Å²) < 4.78 is 0. The van der Waals surface area contributed by atoms with Crippen molar-refractivity contribution in [3.05, 3.63) is 35.4 Å². The highest BCUT2D eigenvalue weighted by Gasteiger charge is 2.27. The van der Waals surface area contributed by atoms with Crippen molar-refractivity contribution in [1.82, 2.24) is 15.5 Å². The zero-order valence-electron chi connectivity index (χ0n) is 13.8. The van der Waals surface area contributed by atoms with Crippen LogP contribution in [0.3, 0.4) is 0 Å². The van der Waals surface area contributed by atoms with Crippen LogP contribution in [-0.2, 0) is 6.54 Å². The molecule has 1 amide bonds. The molecular formula is C18H27N3O2. The molecule has 2 fully saturated rings. The van der Waals surface area contributed by atoms with Gasteiger partial charge in [0.2, 0.25) is 0 Å². The van der Waals surface area contributed by atoms with Crippen LogP contribution in [0.15, 0.2) is 24.3 Å². The molecule has 1 saturated heterocycles. The lowest BCUT2D eigenvalue weighted by molar-refractivity contribution is 0.0927. The largest absolute Gasteiger partial charge is 0.391 e. The van der Waals surface area contributed by atoms with E-state index in [9.17, 15) is 9.90 Å². The molecule has 5 heteroatoms. The second-order valence-corrected chi connectivity index (χ2v) is 6.69. The molecule has 0 bridgehead atoms. The van der Waals surface area contributed by atoms with Gasteiger partial charge >= 0.3 is 0 Å². The van der Waals surface area contributed by atoms with Crippen molar-refractivity contribution in [3.63, 3.8) is 0 Å². The van der Waals surface area contributed by atoms with Gasteiger partial charge in [0, 0.05) is 43.7 Å². The number of carbonyl (C=O) groups is 1. The number of β-amino-alcohol motifs (C(OH)–C–C–N with tert-alkyl or cyclic N) is 1. The van der Waals surface area contributed by atoms with Gasteiger partial charge in [0.05, 0.1) is 6.10 Å². The number of amides is 1. The number of aliphatic hydroxyl groups excluding tert-OH is 1. The predicted molar refractivity (Wildman–Crippen MR) is 90.2 cm³/mol. The zero-order chi connectivity index (χ0) is 16.2. The van der Waals surface area contributed by atoms with E-state index in [-0.39, 0.29) is 17.9 Å². The molecule has 1 aromatic rings. The summed E-state index contributed by atoms with van der Waals surface area (Å²) in [5.74, 6) is 0.0417. The number of hydrogen-bond donors (Lipinski definition) is 3. The first-order valence-electron chi connectivity index (χ1n) is 8.67. The van der Waals surface area contributed by atoms with Gasteiger partial charge in [-0.2, -0.15) is 0 Å². The van der Waals surface area contributed by atoms with E-state index in [0.717, 1.165) is 25.7 Å². The summed E-state index contributed by atoms with van der Waals surface area (Å²) in [5.41, 5.74) is 1.94. The molecule has 2 unspecified atom stereocenters. The molecule has 3 rings (SSSR count). The Bertz CT molecular complexity index is 528. The molecule has 0 radical (unpaired) electrons. The number of aliphatic hydroxyl groups is 1. The molecular weight excluding hydrogens is 290 g/mol. The number of carbonyl (C=O) groups excluding carboxylic acids is 1. The van der Waals surface area contributed by atoms with Gasteiger partial charge in [-0.1, -0.05) is 19.1 Å². The lowest BCUT2D eigenvalue weighted by Crippen LogP contribution is -2.34. The van der Waals surface area contributed by atoms with E-state index in [0.29, 0.717) is 18.7 Å². The van der Waals surface area contributed by atoms with Gasteiger partial charge in [0.15, 0.2) is 0 Å². The van der Waals surface area contributed by atoms with Crippen LogP contribution in [0.5, 0.6) is 0 Å². The number of nitrogens with one attached hydrogen (secondary N) is 2. The van der Waals surface area contributed by atoms with Crippen LogP contribution in [-0.4, -0.2) is 54.2 Å². The highest BCUT2D eigenvalue weighted by atomic mass is 16.3. The number of nitrogens with zero attached hydrogens (tertiary/aromatic N) is 1. The van der Waals surface area contributed by atoms with Crippen LogP contribution in [0.4, 0.5) is 0 Å². The fourth-order valence-corrected chi connectivity index (χ4v) is 3.19. The number of rotatable bonds is 7. The molecule has 1 saturated carbocycles. The van der Waals surface area contributed by atoms with E-state index in [1.807, 2.05) is 24.3 Å². The number of hydrogen-bond acceptors (Lipinski definition) is 4. The summed E-state index contributed by atoms with van der Waals surface area (Å²) in [6, 6.07) is 8.65. The van der Waals surface area contributed by atoms with Crippen LogP contribution in [0.25, 0.3) is 0 Å². The van der Waals surface area contributed by atoms with E-state index in [4.69, 9.17) is 0 Å². The van der Waals surface area contributed by atoms with E-state index in [2.05, 4.69) is 22.5 Å². The van der Waals surface area contributed by atoms with Crippen molar-refractivity contribution in [3.8, 4) is 0 Å². The molecule has 23 heavy (non-hydrogen) atoms. The Balaban J connectivity index is 1.50. The molecule has 1 aliphatic heterocycles. The first-order chi connectivity index (χ1) is 11.2. The molecule has 0 spiro atoms. The van der Waals surface area contributed by atoms with Gasteiger partial charge in [-0.05, 0) is 37.1 Å². The Hall–Kier alpha value is -1.43. The summed E-state index contributed by atoms with van der Waals surface area (Å²) in [7, 11) is 0. The van der Waals surface area contributed by atoms with Crippen molar-refractivity contribution in [2.45, 2.75) is 38.5 Å². The van der Waals surface area contributed by atoms with Gasteiger partial charge in [0.1, 0.15) is 0 Å². The first-order valence-corrected chi connectivity index (χ1v) is 8.67. The topological polar surface area (TPSA) is 64.6 Å². The standard InChI is InChI=1S/C18H27N3O2/c1-2-21(16-7-8-16)12-13-3-5-14(6-4-13)18(23)20-10-15-9-19-11-17(15)22/h3-6,15-17,19,22H,2,7-12H2,1H3,(H,20,23). The predicted octanol–water partition coefficient (Wildman–Crippen LogP) is 0.981. The normalized spacial score (nSPS) is 24.1. The Morgan fingerprint density at radius 1 is 1.30 bits per heavy atom. The lowest BCUT2D eigenvalue weighted by atomic mass is 10.1. The zero-order valence-corrected chi connectivity index (χ0v) is 13.8. The van der Waals surface area contributed by atoms with Crippen molar-refractivity contribution in [2.24, 2.45) is 5.92 Å². The third-order valence-corrected chi connectivity index (χ3v) is 4.90. The second kappa shape index (κ2) is 7.43. The summed E-state index contributed by atoms with van der Waals surface area (Å²) in [4.78, 5) is 14.7. The molecule has 1 aliphatic carbocycles. The Morgan fingerprint density at radius 3 is 2.61 bits per heavy atom. The van der Waals surface area contributed by atoms with Gasteiger partial charge in [0.25, 0.3) is 5.91 Å². The third kappa shape index (κ3) is 4.31. The Morgan fingerprint density at radius 2 is 2.04 bits per heavy atom. The van der Waals surface area contributed by atoms with Crippen LogP contribution < -0.4 is 10.6 Å². The average Bonchev–Trinajstić information content (AvgIpc) is 3.33. The van der Waals surface area contributed by atoms with E-state index < -0.39 is 0 Å². The van der Waals surface area contributed by atoms with Crippen LogP contribution >= 0.6 is 0 Å². The summed E-state index contributed by atoms with van der Waals surface area (Å²) in [6.07, 6.45) is 2.27. The van der Waals surface area contributed by atoms with E-state index in [1.54, 1.807) is 0 Å². The minimum Gasteiger partial charge on any atom is -0.391 e. The molecule has 126 valence electrons. The van der Waals surface area contributed by atoms with E-state index in [1.165, 1.54) is 18.4 Å². The molecule has 3 N–H and O–H groups in total. The van der Waals surface area contributed by atoms with Crippen LogP contribution in [0, 0.1) is 5.92 Å². The lowest BCUT2D eigenvalue weighted by Gasteiger charge is -2.20. The summed E-state index contributed by atoms with van der Waals surface area (Å²) in [6.45, 7) is 6.12. The maximum Gasteiger partial charge on any atom is 0.251 e. The fraction of sp³-hybridized carbons (Fsp3) is 0.611. The Labute approximate surface area is 138 Å². The van der Waals surface area contributed by atoms with Crippen LogP contribution in [0.1, 0.15) is 35.7 Å². The van der Waals surface area contributed by atoms with Crippen molar-refractivity contribution >= 4 is 5.91 Å².